The molecule has 0 bridgehead atoms. The van der Waals surface area contributed by atoms with Gasteiger partial charge in [-0.2, -0.15) is 0 Å². The number of quaternary nitrogens is 1. The first-order valence-electron chi connectivity index (χ1n) is 25.1. The number of carboxylic acids is 1. The Morgan fingerprint density at radius 3 is 1.35 bits per heavy atom. The number of nitrogens with zero attached hydrogens (tertiary/aromatic N) is 1. The van der Waals surface area contributed by atoms with Crippen LogP contribution in [0, 0.1) is 0 Å². The van der Waals surface area contributed by atoms with E-state index in [0.29, 0.717) is 17.4 Å². The van der Waals surface area contributed by atoms with Crippen molar-refractivity contribution in [2.45, 2.75) is 180 Å². The summed E-state index contributed by atoms with van der Waals surface area (Å²) in [5.74, 6) is -2.10. The Morgan fingerprint density at radius 2 is 0.877 bits per heavy atom. The molecule has 2 atom stereocenters. The van der Waals surface area contributed by atoms with Crippen molar-refractivity contribution in [2.24, 2.45) is 0 Å². The first-order valence-corrected chi connectivity index (χ1v) is 25.1. The number of ether oxygens (including phenoxy) is 4. The molecule has 0 aliphatic heterocycles. The zero-order valence-corrected chi connectivity index (χ0v) is 41.6. The highest BCUT2D eigenvalue weighted by atomic mass is 16.7. The molecule has 0 aromatic rings. The number of hydrogen-bond acceptors (Lipinski definition) is 7. The molecule has 9 heteroatoms. The van der Waals surface area contributed by atoms with Crippen molar-refractivity contribution in [1.82, 2.24) is 0 Å². The van der Waals surface area contributed by atoms with Gasteiger partial charge < -0.3 is 28.5 Å². The fourth-order valence-corrected chi connectivity index (χ4v) is 6.14. The number of likely N-dealkylation sites (N-methyl/N-ethyl adjacent to an activating group) is 1. The van der Waals surface area contributed by atoms with Crippen LogP contribution in [0.1, 0.15) is 168 Å². The number of carbonyl (C=O) groups excluding carboxylic acids is 2. The molecule has 0 aliphatic rings. The number of carbonyl (C=O) groups is 3. The van der Waals surface area contributed by atoms with Crippen LogP contribution in [0.15, 0.2) is 109 Å². The minimum Gasteiger partial charge on any atom is -0.477 e. The monoisotopic (exact) mass is 907 g/mol. The van der Waals surface area contributed by atoms with E-state index in [1.54, 1.807) is 0 Å². The van der Waals surface area contributed by atoms with E-state index in [2.05, 4.69) is 123 Å². The van der Waals surface area contributed by atoms with E-state index in [9.17, 15) is 19.5 Å². The Morgan fingerprint density at radius 1 is 0.477 bits per heavy atom. The number of unbranched alkanes of at least 4 members (excludes halogenated alkanes) is 11. The summed E-state index contributed by atoms with van der Waals surface area (Å²) in [4.78, 5) is 37.2. The third kappa shape index (κ3) is 47.7. The van der Waals surface area contributed by atoms with Crippen LogP contribution in [-0.4, -0.2) is 87.4 Å². The van der Waals surface area contributed by atoms with Gasteiger partial charge in [-0.05, 0) is 103 Å². The predicted molar refractivity (Wildman–Crippen MR) is 271 cm³/mol. The summed E-state index contributed by atoms with van der Waals surface area (Å²) in [5.41, 5.74) is 0. The summed E-state index contributed by atoms with van der Waals surface area (Å²) >= 11 is 0. The zero-order chi connectivity index (χ0) is 47.7. The van der Waals surface area contributed by atoms with E-state index >= 15 is 0 Å². The maximum Gasteiger partial charge on any atom is 0.361 e. The van der Waals surface area contributed by atoms with Crippen LogP contribution in [0.2, 0.25) is 0 Å². The number of aliphatic carboxylic acids is 1. The molecular formula is C56H92NO8+. The first-order chi connectivity index (χ1) is 31.6. The van der Waals surface area contributed by atoms with E-state index < -0.39 is 24.3 Å². The molecule has 0 aromatic carbocycles. The molecule has 0 aromatic heterocycles. The van der Waals surface area contributed by atoms with E-state index in [1.165, 1.54) is 32.1 Å². The Kier molecular flexibility index (Phi) is 43.6. The molecule has 0 radical (unpaired) electrons. The molecule has 1 N–H and O–H groups in total. The number of rotatable bonds is 44. The average molecular weight is 907 g/mol. The highest BCUT2D eigenvalue weighted by Crippen LogP contribution is 2.12. The van der Waals surface area contributed by atoms with Gasteiger partial charge in [0.15, 0.2) is 6.10 Å². The molecule has 0 amide bonds. The van der Waals surface area contributed by atoms with Crippen LogP contribution in [0.25, 0.3) is 0 Å². The minimum atomic E-state index is -1.53. The summed E-state index contributed by atoms with van der Waals surface area (Å²) in [6.07, 6.45) is 60.2. The summed E-state index contributed by atoms with van der Waals surface area (Å²) in [6, 6.07) is 0. The molecule has 0 spiro atoms. The Bertz CT molecular complexity index is 1430. The average Bonchev–Trinajstić information content (AvgIpc) is 3.27. The normalized spacial score (nSPS) is 13.8. The van der Waals surface area contributed by atoms with Crippen molar-refractivity contribution < 1.29 is 42.9 Å². The molecule has 0 heterocycles. The molecule has 9 nitrogen and oxygen atoms in total. The lowest BCUT2D eigenvalue weighted by molar-refractivity contribution is -0.870. The Labute approximate surface area is 396 Å². The van der Waals surface area contributed by atoms with Gasteiger partial charge in [0, 0.05) is 12.8 Å². The van der Waals surface area contributed by atoms with E-state index in [1.807, 2.05) is 21.1 Å². The van der Waals surface area contributed by atoms with Crippen molar-refractivity contribution in [3.8, 4) is 0 Å². The van der Waals surface area contributed by atoms with Gasteiger partial charge in [-0.15, -0.1) is 0 Å². The van der Waals surface area contributed by atoms with Crippen LogP contribution in [0.4, 0.5) is 0 Å². The standard InChI is InChI=1S/C56H91NO8/c1-6-8-10-12-14-16-18-20-21-22-23-24-25-26-27-28-29-30-31-32-33-35-37-39-41-43-45-47-54(59)65-52(51-64-56(55(60)61)62-49-48-57(3,4)5)50-63-53(58)46-44-42-40-38-36-34-19-17-15-13-11-9-7-2/h8,10,14,16-17,19-21,23-24,26-27,29-30,32-33,37,39,52,56H,6-7,9,11-13,15,18,22,25,28,31,34-36,38,40-51H2,1-5H3/p+1/b10-8-,16-14-,19-17-,21-20-,24-23-,27-26-,30-29-,33-32-,39-37-. The van der Waals surface area contributed by atoms with Gasteiger partial charge in [0.1, 0.15) is 13.2 Å². The van der Waals surface area contributed by atoms with Crippen LogP contribution in [-0.2, 0) is 33.3 Å². The fourth-order valence-electron chi connectivity index (χ4n) is 6.14. The van der Waals surface area contributed by atoms with Gasteiger partial charge in [-0.1, -0.05) is 162 Å². The maximum atomic E-state index is 12.8. The van der Waals surface area contributed by atoms with Crippen molar-refractivity contribution >= 4 is 17.9 Å². The van der Waals surface area contributed by atoms with Gasteiger partial charge in [0.2, 0.25) is 0 Å². The number of carboxylic acid groups (broad SMARTS) is 1. The summed E-state index contributed by atoms with van der Waals surface area (Å²) in [7, 11) is 5.93. The highest BCUT2D eigenvalue weighted by molar-refractivity contribution is 5.71. The second-order valence-corrected chi connectivity index (χ2v) is 17.4. The molecule has 0 rings (SSSR count). The molecule has 2 unspecified atom stereocenters. The molecule has 65 heavy (non-hydrogen) atoms. The predicted octanol–water partition coefficient (Wildman–Crippen LogP) is 14.0. The third-order valence-corrected chi connectivity index (χ3v) is 10.0. The number of hydrogen-bond donors (Lipinski definition) is 1. The third-order valence-electron chi connectivity index (χ3n) is 10.0. The number of allylic oxidation sites excluding steroid dienone is 18. The lowest BCUT2D eigenvalue weighted by atomic mass is 10.1. The highest BCUT2D eigenvalue weighted by Gasteiger charge is 2.25. The van der Waals surface area contributed by atoms with Crippen LogP contribution in [0.3, 0.4) is 0 Å². The second-order valence-electron chi connectivity index (χ2n) is 17.4. The molecule has 0 fully saturated rings. The molecule has 0 saturated carbocycles. The van der Waals surface area contributed by atoms with Crippen molar-refractivity contribution in [3.63, 3.8) is 0 Å². The smallest absolute Gasteiger partial charge is 0.361 e. The van der Waals surface area contributed by atoms with Crippen molar-refractivity contribution in [1.29, 1.82) is 0 Å². The van der Waals surface area contributed by atoms with E-state index in [4.69, 9.17) is 18.9 Å². The minimum absolute atomic E-state index is 0.171. The quantitative estimate of drug-likeness (QED) is 0.0212. The van der Waals surface area contributed by atoms with E-state index in [0.717, 1.165) is 103 Å². The summed E-state index contributed by atoms with van der Waals surface area (Å²) < 4.78 is 22.7. The summed E-state index contributed by atoms with van der Waals surface area (Å²) in [6.45, 7) is 4.65. The van der Waals surface area contributed by atoms with Gasteiger partial charge in [-0.3, -0.25) is 9.59 Å². The van der Waals surface area contributed by atoms with Gasteiger partial charge in [-0.25, -0.2) is 4.79 Å². The lowest BCUT2D eigenvalue weighted by Crippen LogP contribution is -2.40. The lowest BCUT2D eigenvalue weighted by Gasteiger charge is -2.25. The van der Waals surface area contributed by atoms with Crippen LogP contribution in [0.5, 0.6) is 0 Å². The Balaban J connectivity index is 4.46. The number of esters is 2. The molecular weight excluding hydrogens is 815 g/mol. The topological polar surface area (TPSA) is 108 Å². The van der Waals surface area contributed by atoms with Crippen LogP contribution >= 0.6 is 0 Å². The van der Waals surface area contributed by atoms with Gasteiger partial charge in [0.05, 0.1) is 34.4 Å². The maximum absolute atomic E-state index is 12.8. The largest absolute Gasteiger partial charge is 0.477 e. The zero-order valence-electron chi connectivity index (χ0n) is 41.6. The second kappa shape index (κ2) is 46.5. The first kappa shape index (κ1) is 60.9. The van der Waals surface area contributed by atoms with Gasteiger partial charge >= 0.3 is 17.9 Å². The molecule has 0 aliphatic carbocycles. The van der Waals surface area contributed by atoms with Crippen molar-refractivity contribution in [3.05, 3.63) is 109 Å². The Hall–Kier alpha value is -4.05. The van der Waals surface area contributed by atoms with Gasteiger partial charge in [0.25, 0.3) is 6.29 Å². The molecule has 0 saturated heterocycles. The molecule has 368 valence electrons. The fraction of sp³-hybridized carbons (Fsp3) is 0.625. The summed E-state index contributed by atoms with van der Waals surface area (Å²) in [5, 5.41) is 9.65. The van der Waals surface area contributed by atoms with Crippen LogP contribution < -0.4 is 0 Å². The SMILES string of the molecule is CC/C=C\C/C=C\C/C=C\C/C=C\C/C=C\C/C=C\C/C=C\C/C=C\CCCCC(=O)OC(COC(=O)CCCCCCC/C=C\CCCCCC)COC(OCC[N+](C)(C)C)C(=O)O. The van der Waals surface area contributed by atoms with E-state index in [-0.39, 0.29) is 38.6 Å². The van der Waals surface area contributed by atoms with Crippen molar-refractivity contribution in [2.75, 3.05) is 47.5 Å².